The summed E-state index contributed by atoms with van der Waals surface area (Å²) in [4.78, 5) is 3.65. The molecule has 0 bridgehead atoms. The first-order valence-electron chi connectivity index (χ1n) is 8.62. The van der Waals surface area contributed by atoms with Crippen LogP contribution in [0, 0.1) is 11.3 Å². The van der Waals surface area contributed by atoms with Crippen LogP contribution in [0.25, 0.3) is 0 Å². The van der Waals surface area contributed by atoms with Crippen molar-refractivity contribution < 1.29 is 8.42 Å². The zero-order valence-electron chi connectivity index (χ0n) is 15.6. The van der Waals surface area contributed by atoms with E-state index in [1.807, 2.05) is 7.05 Å². The van der Waals surface area contributed by atoms with Crippen molar-refractivity contribution in [2.75, 3.05) is 33.2 Å². The molecule has 1 aliphatic rings. The fourth-order valence-electron chi connectivity index (χ4n) is 2.92. The summed E-state index contributed by atoms with van der Waals surface area (Å²) in [6, 6.07) is 12.3. The minimum Gasteiger partial charge on any atom is -0.304 e. The maximum absolute atomic E-state index is 13.4. The number of halogens is 3. The number of nitrogens with zero attached hydrogens (tertiary/aromatic N) is 3. The Hall–Kier alpha value is -0.980. The lowest BCUT2D eigenvalue weighted by atomic mass is 10.2. The number of piperazine rings is 1. The first-order chi connectivity index (χ1) is 13.3. The first-order valence-corrected chi connectivity index (χ1v) is 11.6. The van der Waals surface area contributed by atoms with Crippen LogP contribution >= 0.6 is 47.4 Å². The summed E-state index contributed by atoms with van der Waals surface area (Å²) < 4.78 is 28.2. The van der Waals surface area contributed by atoms with Crippen molar-refractivity contribution in [1.29, 1.82) is 5.26 Å². The fraction of sp³-hybridized carbons (Fsp3) is 0.316. The molecule has 5 nitrogen and oxygen atoms in total. The molecule has 2 aromatic carbocycles. The predicted octanol–water partition coefficient (Wildman–Crippen LogP) is 4.57. The van der Waals surface area contributed by atoms with Crippen LogP contribution in [0.5, 0.6) is 0 Å². The standard InChI is InChI=1S/C19H19Cl2N3O2S2.ClH/c1-23-6-8-24(9-7-23)28(25,26)19-10-14(4-5-22)2-3-18(19)27-17-12-15(20)11-16(21)13-17;/h2-3,10-13H,4,6-9H2,1H3;1H. The number of benzene rings is 2. The van der Waals surface area contributed by atoms with E-state index in [0.29, 0.717) is 46.7 Å². The zero-order valence-corrected chi connectivity index (χ0v) is 19.6. The highest BCUT2D eigenvalue weighted by molar-refractivity contribution is 8.00. The second-order valence-electron chi connectivity index (χ2n) is 6.53. The fourth-order valence-corrected chi connectivity index (χ4v) is 6.48. The monoisotopic (exact) mass is 491 g/mol. The summed E-state index contributed by atoms with van der Waals surface area (Å²) in [5, 5.41) is 9.98. The summed E-state index contributed by atoms with van der Waals surface area (Å²) in [5.41, 5.74) is 0.670. The van der Waals surface area contributed by atoms with Crippen LogP contribution in [0.1, 0.15) is 5.56 Å². The number of nitriles is 1. The van der Waals surface area contributed by atoms with Gasteiger partial charge >= 0.3 is 0 Å². The minimum atomic E-state index is -3.69. The van der Waals surface area contributed by atoms with Crippen molar-refractivity contribution in [3.63, 3.8) is 0 Å². The number of hydrogen-bond acceptors (Lipinski definition) is 5. The van der Waals surface area contributed by atoms with Crippen LogP contribution in [-0.2, 0) is 16.4 Å². The Morgan fingerprint density at radius 3 is 2.28 bits per heavy atom. The van der Waals surface area contributed by atoms with Crippen molar-refractivity contribution in [1.82, 2.24) is 9.21 Å². The van der Waals surface area contributed by atoms with Gasteiger partial charge in [0.15, 0.2) is 0 Å². The average Bonchev–Trinajstić information content (AvgIpc) is 2.62. The van der Waals surface area contributed by atoms with Gasteiger partial charge in [-0.3, -0.25) is 0 Å². The summed E-state index contributed by atoms with van der Waals surface area (Å²) in [7, 11) is -1.71. The van der Waals surface area contributed by atoms with Gasteiger partial charge in [0, 0.05) is 46.0 Å². The minimum absolute atomic E-state index is 0. The molecule has 0 atom stereocenters. The molecule has 0 N–H and O–H groups in total. The third kappa shape index (κ3) is 6.02. The third-order valence-electron chi connectivity index (χ3n) is 4.44. The van der Waals surface area contributed by atoms with Gasteiger partial charge in [-0.1, -0.05) is 41.0 Å². The summed E-state index contributed by atoms with van der Waals surface area (Å²) in [6.45, 7) is 2.25. The van der Waals surface area contributed by atoms with Gasteiger partial charge in [0.05, 0.1) is 17.4 Å². The third-order valence-corrected chi connectivity index (χ3v) is 7.99. The number of sulfonamides is 1. The SMILES string of the molecule is CN1CCN(S(=O)(=O)c2cc(CC#N)ccc2Sc2cc(Cl)cc(Cl)c2)CC1.Cl. The molecule has 0 saturated carbocycles. The van der Waals surface area contributed by atoms with Gasteiger partial charge in [-0.15, -0.1) is 12.4 Å². The van der Waals surface area contributed by atoms with E-state index in [0.717, 1.165) is 4.90 Å². The average molecular weight is 493 g/mol. The summed E-state index contributed by atoms with van der Waals surface area (Å²) in [6.07, 6.45) is 0.152. The molecule has 156 valence electrons. The molecule has 1 aliphatic heterocycles. The molecule has 29 heavy (non-hydrogen) atoms. The Morgan fingerprint density at radius 2 is 1.69 bits per heavy atom. The van der Waals surface area contributed by atoms with E-state index < -0.39 is 10.0 Å². The summed E-state index contributed by atoms with van der Waals surface area (Å²) in [5.74, 6) is 0. The highest BCUT2D eigenvalue weighted by Gasteiger charge is 2.30. The number of rotatable bonds is 5. The molecular formula is C19H20Cl3N3O2S2. The van der Waals surface area contributed by atoms with Crippen molar-refractivity contribution in [2.24, 2.45) is 0 Å². The zero-order chi connectivity index (χ0) is 20.3. The largest absolute Gasteiger partial charge is 0.304 e. The maximum Gasteiger partial charge on any atom is 0.244 e. The van der Waals surface area contributed by atoms with Crippen LogP contribution in [0.4, 0.5) is 0 Å². The number of likely N-dealkylation sites (N-methyl/N-ethyl adjacent to an activating group) is 1. The molecule has 0 amide bonds. The van der Waals surface area contributed by atoms with Crippen molar-refractivity contribution >= 4 is 57.4 Å². The molecule has 0 radical (unpaired) electrons. The smallest absolute Gasteiger partial charge is 0.244 e. The van der Waals surface area contributed by atoms with E-state index in [4.69, 9.17) is 28.5 Å². The van der Waals surface area contributed by atoms with E-state index in [-0.39, 0.29) is 23.7 Å². The molecule has 0 unspecified atom stereocenters. The van der Waals surface area contributed by atoms with E-state index >= 15 is 0 Å². The van der Waals surface area contributed by atoms with Gasteiger partial charge in [-0.25, -0.2) is 8.42 Å². The van der Waals surface area contributed by atoms with Crippen LogP contribution in [0.15, 0.2) is 51.1 Å². The number of hydrogen-bond donors (Lipinski definition) is 0. The van der Waals surface area contributed by atoms with Gasteiger partial charge in [0.2, 0.25) is 10.0 Å². The van der Waals surface area contributed by atoms with Gasteiger partial charge in [0.1, 0.15) is 0 Å². The predicted molar refractivity (Wildman–Crippen MR) is 120 cm³/mol. The maximum atomic E-state index is 13.4. The molecule has 2 aromatic rings. The molecule has 0 aliphatic carbocycles. The molecule has 0 spiro atoms. The molecular weight excluding hydrogens is 473 g/mol. The quantitative estimate of drug-likeness (QED) is 0.612. The highest BCUT2D eigenvalue weighted by atomic mass is 35.5. The molecule has 3 rings (SSSR count). The Balaban J connectivity index is 0.00000300. The van der Waals surface area contributed by atoms with E-state index in [1.54, 1.807) is 36.4 Å². The first kappa shape index (κ1) is 24.3. The van der Waals surface area contributed by atoms with Gasteiger partial charge in [-0.05, 0) is 42.9 Å². The van der Waals surface area contributed by atoms with Crippen LogP contribution in [0.3, 0.4) is 0 Å². The molecule has 0 aromatic heterocycles. The Kier molecular flexibility index (Phi) is 8.68. The van der Waals surface area contributed by atoms with E-state index in [1.165, 1.54) is 16.1 Å². The lowest BCUT2D eigenvalue weighted by Gasteiger charge is -2.32. The van der Waals surface area contributed by atoms with Gasteiger partial charge < -0.3 is 4.90 Å². The Bertz CT molecular complexity index is 998. The van der Waals surface area contributed by atoms with Crippen LogP contribution < -0.4 is 0 Å². The van der Waals surface area contributed by atoms with Gasteiger partial charge in [-0.2, -0.15) is 9.57 Å². The lowest BCUT2D eigenvalue weighted by molar-refractivity contribution is 0.222. The second-order valence-corrected chi connectivity index (χ2v) is 10.4. The second kappa shape index (κ2) is 10.4. The molecule has 10 heteroatoms. The normalized spacial score (nSPS) is 15.5. The van der Waals surface area contributed by atoms with E-state index in [9.17, 15) is 8.42 Å². The molecule has 1 heterocycles. The topological polar surface area (TPSA) is 64.4 Å². The molecule has 1 fully saturated rings. The van der Waals surface area contributed by atoms with Crippen molar-refractivity contribution in [2.45, 2.75) is 21.1 Å². The summed E-state index contributed by atoms with van der Waals surface area (Å²) >= 11 is 13.5. The van der Waals surface area contributed by atoms with Crippen LogP contribution in [-0.4, -0.2) is 50.8 Å². The Morgan fingerprint density at radius 1 is 1.07 bits per heavy atom. The van der Waals surface area contributed by atoms with E-state index in [2.05, 4.69) is 11.0 Å². The van der Waals surface area contributed by atoms with Crippen LogP contribution in [0.2, 0.25) is 10.0 Å². The van der Waals surface area contributed by atoms with Crippen molar-refractivity contribution in [3.05, 3.63) is 52.0 Å². The highest BCUT2D eigenvalue weighted by Crippen LogP contribution is 2.37. The lowest BCUT2D eigenvalue weighted by Crippen LogP contribution is -2.47. The Labute approximate surface area is 192 Å². The molecule has 1 saturated heterocycles. The van der Waals surface area contributed by atoms with Crippen molar-refractivity contribution in [3.8, 4) is 6.07 Å². The van der Waals surface area contributed by atoms with Gasteiger partial charge in [0.25, 0.3) is 0 Å².